The first-order valence-electron chi connectivity index (χ1n) is 13.0. The Morgan fingerprint density at radius 3 is 1.69 bits per heavy atom. The zero-order valence-corrected chi connectivity index (χ0v) is 21.5. The number of carbonyl (C=O) groups is 2. The number of likely N-dealkylation sites (N-methyl/N-ethyl adjacent to an activating group) is 2. The second-order valence-electron chi connectivity index (χ2n) is 10.4. The molecule has 0 radical (unpaired) electrons. The van der Waals surface area contributed by atoms with Gasteiger partial charge in [-0.05, 0) is 37.6 Å². The van der Waals surface area contributed by atoms with E-state index in [9.17, 15) is 9.59 Å². The molecule has 188 valence electrons. The lowest BCUT2D eigenvalue weighted by atomic mass is 9.96. The van der Waals surface area contributed by atoms with Crippen molar-refractivity contribution in [3.8, 4) is 0 Å². The van der Waals surface area contributed by atoms with Crippen LogP contribution >= 0.6 is 0 Å². The van der Waals surface area contributed by atoms with Crippen molar-refractivity contribution in [3.63, 3.8) is 0 Å². The summed E-state index contributed by atoms with van der Waals surface area (Å²) < 4.78 is 0. The summed E-state index contributed by atoms with van der Waals surface area (Å²) in [4.78, 5) is 35.3. The molecule has 2 aliphatic heterocycles. The van der Waals surface area contributed by atoms with Crippen LogP contribution in [0.25, 0.3) is 0 Å². The first-order chi connectivity index (χ1) is 16.9. The summed E-state index contributed by atoms with van der Waals surface area (Å²) in [6.45, 7) is 7.11. The lowest BCUT2D eigenvalue weighted by Crippen LogP contribution is -2.49. The molecule has 0 aromatic heterocycles. The fourth-order valence-corrected chi connectivity index (χ4v) is 5.39. The summed E-state index contributed by atoms with van der Waals surface area (Å²) in [7, 11) is 4.24. The zero-order valence-electron chi connectivity index (χ0n) is 21.5. The Hall–Kier alpha value is -2.70. The minimum atomic E-state index is 0.0910. The molecule has 6 heteroatoms. The van der Waals surface area contributed by atoms with Crippen LogP contribution < -0.4 is 0 Å². The van der Waals surface area contributed by atoms with Crippen molar-refractivity contribution in [1.82, 2.24) is 19.6 Å². The maximum absolute atomic E-state index is 13.3. The van der Waals surface area contributed by atoms with E-state index in [4.69, 9.17) is 0 Å². The van der Waals surface area contributed by atoms with E-state index in [0.717, 1.165) is 45.7 Å². The van der Waals surface area contributed by atoms with Gasteiger partial charge in [-0.25, -0.2) is 0 Å². The first kappa shape index (κ1) is 25.4. The minimum Gasteiger partial charge on any atom is -0.333 e. The Morgan fingerprint density at radius 1 is 0.743 bits per heavy atom. The van der Waals surface area contributed by atoms with Gasteiger partial charge in [0.2, 0.25) is 11.8 Å². The van der Waals surface area contributed by atoms with E-state index in [1.54, 1.807) is 0 Å². The Labute approximate surface area is 210 Å². The van der Waals surface area contributed by atoms with Crippen molar-refractivity contribution in [2.75, 3.05) is 53.4 Å². The van der Waals surface area contributed by atoms with Crippen molar-refractivity contribution >= 4 is 11.8 Å². The zero-order chi connectivity index (χ0) is 24.8. The molecule has 2 aliphatic rings. The fourth-order valence-electron chi connectivity index (χ4n) is 5.39. The number of benzene rings is 2. The molecule has 6 nitrogen and oxygen atoms in total. The Morgan fingerprint density at radius 2 is 1.20 bits per heavy atom. The number of piperazine rings is 2. The Kier molecular flexibility index (Phi) is 8.58. The van der Waals surface area contributed by atoms with Crippen LogP contribution in [0.2, 0.25) is 0 Å². The van der Waals surface area contributed by atoms with Crippen molar-refractivity contribution < 1.29 is 9.59 Å². The summed E-state index contributed by atoms with van der Waals surface area (Å²) in [6, 6.07) is 20.9. The molecule has 3 unspecified atom stereocenters. The highest BCUT2D eigenvalue weighted by Gasteiger charge is 2.32. The Balaban J connectivity index is 1.33. The van der Waals surface area contributed by atoms with Gasteiger partial charge in [0, 0.05) is 52.1 Å². The predicted octanol–water partition coefficient (Wildman–Crippen LogP) is 3.82. The van der Waals surface area contributed by atoms with Gasteiger partial charge >= 0.3 is 0 Å². The van der Waals surface area contributed by atoms with Gasteiger partial charge in [-0.2, -0.15) is 0 Å². The predicted molar refractivity (Wildman–Crippen MR) is 140 cm³/mol. The molecule has 2 fully saturated rings. The van der Waals surface area contributed by atoms with Gasteiger partial charge < -0.3 is 19.6 Å². The number of amides is 2. The summed E-state index contributed by atoms with van der Waals surface area (Å²) in [5.74, 6) is 0.576. The van der Waals surface area contributed by atoms with Crippen LogP contribution in [0.3, 0.4) is 0 Å². The molecule has 0 bridgehead atoms. The normalized spacial score (nSPS) is 22.7. The molecule has 0 spiro atoms. The van der Waals surface area contributed by atoms with E-state index in [0.29, 0.717) is 12.8 Å². The number of carbonyl (C=O) groups excluding carboxylic acids is 2. The van der Waals surface area contributed by atoms with Gasteiger partial charge in [0.15, 0.2) is 0 Å². The smallest absolute Gasteiger partial charge is 0.223 e. The van der Waals surface area contributed by atoms with Crippen molar-refractivity contribution in [3.05, 3.63) is 71.8 Å². The average molecular weight is 477 g/mol. The number of rotatable bonds is 7. The van der Waals surface area contributed by atoms with E-state index < -0.39 is 0 Å². The van der Waals surface area contributed by atoms with Crippen LogP contribution in [0.4, 0.5) is 0 Å². The first-order valence-corrected chi connectivity index (χ1v) is 13.0. The fraction of sp³-hybridized carbons (Fsp3) is 0.517. The summed E-state index contributed by atoms with van der Waals surface area (Å²) >= 11 is 0. The standard InChI is InChI=1S/C29H40N4O2/c1-23(20-29(35)33-19-17-31(3)22-27(33)25-12-8-5-9-13-25)14-15-28(34)32-18-16-30(2)21-26(32)24-10-6-4-7-11-24/h4-13,23,26-27H,14-22H2,1-3H3. The third-order valence-electron chi connectivity index (χ3n) is 7.55. The second-order valence-corrected chi connectivity index (χ2v) is 10.4. The third-order valence-corrected chi connectivity index (χ3v) is 7.55. The molecule has 4 rings (SSSR count). The molecule has 2 amide bonds. The van der Waals surface area contributed by atoms with Crippen LogP contribution in [0.15, 0.2) is 60.7 Å². The van der Waals surface area contributed by atoms with E-state index in [1.165, 1.54) is 11.1 Å². The van der Waals surface area contributed by atoms with Crippen molar-refractivity contribution in [2.45, 2.75) is 38.3 Å². The Bertz CT molecular complexity index is 967. The molecule has 2 aromatic rings. The molecule has 0 N–H and O–H groups in total. The van der Waals surface area contributed by atoms with Gasteiger partial charge in [-0.1, -0.05) is 67.6 Å². The molecule has 35 heavy (non-hydrogen) atoms. The molecule has 2 saturated heterocycles. The highest BCUT2D eigenvalue weighted by molar-refractivity contribution is 5.78. The van der Waals surface area contributed by atoms with E-state index in [1.807, 2.05) is 36.4 Å². The molecular weight excluding hydrogens is 436 g/mol. The second kappa shape index (κ2) is 11.8. The topological polar surface area (TPSA) is 47.1 Å². The molecule has 3 atom stereocenters. The van der Waals surface area contributed by atoms with Gasteiger partial charge in [-0.3, -0.25) is 9.59 Å². The molecule has 0 saturated carbocycles. The van der Waals surface area contributed by atoms with Crippen molar-refractivity contribution in [2.24, 2.45) is 5.92 Å². The van der Waals surface area contributed by atoms with Gasteiger partial charge in [0.05, 0.1) is 12.1 Å². The minimum absolute atomic E-state index is 0.0910. The maximum Gasteiger partial charge on any atom is 0.223 e. The molecule has 2 heterocycles. The van der Waals surface area contributed by atoms with Crippen molar-refractivity contribution in [1.29, 1.82) is 0 Å². The summed E-state index contributed by atoms with van der Waals surface area (Å²) in [6.07, 6.45) is 1.72. The monoisotopic (exact) mass is 476 g/mol. The molecule has 2 aromatic carbocycles. The van der Waals surface area contributed by atoms with Crippen LogP contribution in [0, 0.1) is 5.92 Å². The molecular formula is C29H40N4O2. The number of hydrogen-bond donors (Lipinski definition) is 0. The lowest BCUT2D eigenvalue weighted by Gasteiger charge is -2.41. The van der Waals surface area contributed by atoms with Crippen LogP contribution in [-0.4, -0.2) is 84.8 Å². The molecule has 0 aliphatic carbocycles. The van der Waals surface area contributed by atoms with Crippen LogP contribution in [-0.2, 0) is 9.59 Å². The lowest BCUT2D eigenvalue weighted by molar-refractivity contribution is -0.139. The summed E-state index contributed by atoms with van der Waals surface area (Å²) in [5.41, 5.74) is 2.38. The quantitative estimate of drug-likeness (QED) is 0.610. The largest absolute Gasteiger partial charge is 0.333 e. The van der Waals surface area contributed by atoms with E-state index in [2.05, 4.69) is 64.9 Å². The highest BCUT2D eigenvalue weighted by atomic mass is 16.2. The van der Waals surface area contributed by atoms with Crippen LogP contribution in [0.1, 0.15) is 49.4 Å². The average Bonchev–Trinajstić information content (AvgIpc) is 2.88. The highest BCUT2D eigenvalue weighted by Crippen LogP contribution is 2.28. The van der Waals surface area contributed by atoms with E-state index in [-0.39, 0.29) is 29.8 Å². The summed E-state index contributed by atoms with van der Waals surface area (Å²) in [5, 5.41) is 0. The third kappa shape index (κ3) is 6.50. The van der Waals surface area contributed by atoms with Gasteiger partial charge in [0.25, 0.3) is 0 Å². The van der Waals surface area contributed by atoms with Gasteiger partial charge in [0.1, 0.15) is 0 Å². The SMILES string of the molecule is CC(CCC(=O)N1CCN(C)CC1c1ccccc1)CC(=O)N1CCN(C)CC1c1ccccc1. The maximum atomic E-state index is 13.3. The van der Waals surface area contributed by atoms with Crippen LogP contribution in [0.5, 0.6) is 0 Å². The number of hydrogen-bond acceptors (Lipinski definition) is 4. The van der Waals surface area contributed by atoms with E-state index >= 15 is 0 Å². The number of nitrogens with zero attached hydrogens (tertiary/aromatic N) is 4. The van der Waals surface area contributed by atoms with Gasteiger partial charge in [-0.15, -0.1) is 0 Å².